The predicted molar refractivity (Wildman–Crippen MR) is 131 cm³/mol. The van der Waals surface area contributed by atoms with Gasteiger partial charge in [-0.2, -0.15) is 0 Å². The second kappa shape index (κ2) is 10.1. The maximum atomic E-state index is 11.7. The third-order valence-corrected chi connectivity index (χ3v) is 6.58. The van der Waals surface area contributed by atoms with Crippen molar-refractivity contribution in [1.82, 2.24) is 24.8 Å². The summed E-state index contributed by atoms with van der Waals surface area (Å²) in [4.78, 5) is 22.6. The fourth-order valence-corrected chi connectivity index (χ4v) is 4.85. The molecule has 4 rings (SSSR count). The maximum Gasteiger partial charge on any atom is 0.305 e. The van der Waals surface area contributed by atoms with Gasteiger partial charge in [0.2, 0.25) is 0 Å². The molecule has 2 atom stereocenters. The number of esters is 1. The van der Waals surface area contributed by atoms with E-state index in [4.69, 9.17) is 17.0 Å². The van der Waals surface area contributed by atoms with Crippen LogP contribution in [0.5, 0.6) is 0 Å². The summed E-state index contributed by atoms with van der Waals surface area (Å²) in [6.07, 6.45) is 6.48. The van der Waals surface area contributed by atoms with Crippen LogP contribution >= 0.6 is 12.2 Å². The van der Waals surface area contributed by atoms with E-state index in [1.54, 1.807) is 0 Å². The number of hydrogen-bond acceptors (Lipinski definition) is 5. The van der Waals surface area contributed by atoms with Crippen LogP contribution in [0.25, 0.3) is 0 Å². The lowest BCUT2D eigenvalue weighted by Gasteiger charge is -2.28. The Bertz CT molecular complexity index is 1120. The number of carbonyl (C=O) groups is 1. The summed E-state index contributed by atoms with van der Waals surface area (Å²) >= 11 is 5.75. The van der Waals surface area contributed by atoms with Gasteiger partial charge in [-0.1, -0.05) is 6.07 Å². The molecule has 8 heteroatoms. The summed E-state index contributed by atoms with van der Waals surface area (Å²) in [6.45, 7) is 5.73. The monoisotopic (exact) mass is 463 g/mol. The molecule has 1 aliphatic rings. The van der Waals surface area contributed by atoms with Crippen molar-refractivity contribution in [1.29, 1.82) is 0 Å². The molecule has 4 heterocycles. The molecular formula is C25H29N5O2S. The minimum Gasteiger partial charge on any atom is -0.469 e. The van der Waals surface area contributed by atoms with Crippen molar-refractivity contribution in [3.05, 3.63) is 83.2 Å². The molecule has 0 aromatic carbocycles. The minimum atomic E-state index is -0.207. The molecule has 0 spiro atoms. The Labute approximate surface area is 199 Å². The Balaban J connectivity index is 1.69. The summed E-state index contributed by atoms with van der Waals surface area (Å²) in [5.41, 5.74) is 5.74. The molecule has 172 valence electrons. The average molecular weight is 464 g/mol. The van der Waals surface area contributed by atoms with E-state index in [-0.39, 0.29) is 18.1 Å². The molecule has 1 fully saturated rings. The molecule has 3 aromatic rings. The Kier molecular flexibility index (Phi) is 7.03. The van der Waals surface area contributed by atoms with Crippen molar-refractivity contribution in [2.45, 2.75) is 45.3 Å². The maximum absolute atomic E-state index is 11.7. The number of nitrogens with zero attached hydrogens (tertiary/aromatic N) is 4. The summed E-state index contributed by atoms with van der Waals surface area (Å²) in [5, 5.41) is 4.17. The second-order valence-corrected chi connectivity index (χ2v) is 8.65. The van der Waals surface area contributed by atoms with Crippen molar-refractivity contribution < 1.29 is 9.53 Å². The fraction of sp³-hybridized carbons (Fsp3) is 0.360. The average Bonchev–Trinajstić information content (AvgIpc) is 3.30. The van der Waals surface area contributed by atoms with Crippen LogP contribution in [0.4, 0.5) is 0 Å². The standard InChI is InChI=1S/C25H29N5O2S/c1-17-15-20(18(2)30(17)16-19-9-12-26-13-10-19)24-23(21-7-4-5-11-27-21)28-25(33)29(24)14-6-8-22(31)32-3/h4-5,7,9-13,15,23-24H,6,8,14,16H2,1-3H3,(H,28,33)/t23-,24-/m1/s1. The van der Waals surface area contributed by atoms with Crippen LogP contribution in [-0.2, 0) is 16.1 Å². The van der Waals surface area contributed by atoms with E-state index in [2.05, 4.69) is 44.7 Å². The van der Waals surface area contributed by atoms with Gasteiger partial charge in [0.05, 0.1) is 24.9 Å². The van der Waals surface area contributed by atoms with Crippen LogP contribution < -0.4 is 5.32 Å². The van der Waals surface area contributed by atoms with E-state index in [1.165, 1.54) is 29.6 Å². The summed E-state index contributed by atoms with van der Waals surface area (Å²) in [7, 11) is 1.42. The smallest absolute Gasteiger partial charge is 0.305 e. The highest BCUT2D eigenvalue weighted by Crippen LogP contribution is 2.41. The molecule has 0 bridgehead atoms. The number of methoxy groups -OCH3 is 1. The van der Waals surface area contributed by atoms with Gasteiger partial charge in [0.25, 0.3) is 0 Å². The lowest BCUT2D eigenvalue weighted by atomic mass is 9.96. The van der Waals surface area contributed by atoms with Crippen molar-refractivity contribution in [3.63, 3.8) is 0 Å². The van der Waals surface area contributed by atoms with Gasteiger partial charge in [0.1, 0.15) is 0 Å². The SMILES string of the molecule is COC(=O)CCCN1C(=S)N[C@H](c2ccccn2)[C@H]1c1cc(C)n(Cc2ccncc2)c1C. The van der Waals surface area contributed by atoms with Crippen LogP contribution in [0, 0.1) is 13.8 Å². The van der Waals surface area contributed by atoms with Crippen molar-refractivity contribution in [3.8, 4) is 0 Å². The third kappa shape index (κ3) is 4.90. The zero-order valence-corrected chi connectivity index (χ0v) is 20.0. The first-order valence-corrected chi connectivity index (χ1v) is 11.5. The fourth-order valence-electron chi connectivity index (χ4n) is 4.52. The van der Waals surface area contributed by atoms with Crippen molar-refractivity contribution >= 4 is 23.3 Å². The van der Waals surface area contributed by atoms with Gasteiger partial charge in [-0.05, 0) is 73.9 Å². The van der Waals surface area contributed by atoms with Crippen molar-refractivity contribution in [2.24, 2.45) is 0 Å². The normalized spacial score (nSPS) is 17.8. The molecule has 1 saturated heterocycles. The minimum absolute atomic E-state index is 0.0255. The van der Waals surface area contributed by atoms with Gasteiger partial charge in [-0.15, -0.1) is 0 Å². The van der Waals surface area contributed by atoms with Crippen molar-refractivity contribution in [2.75, 3.05) is 13.7 Å². The Morgan fingerprint density at radius 1 is 1.18 bits per heavy atom. The Morgan fingerprint density at radius 2 is 1.97 bits per heavy atom. The number of aromatic nitrogens is 3. The van der Waals surface area contributed by atoms with Gasteiger partial charge in [0.15, 0.2) is 5.11 Å². The molecule has 0 saturated carbocycles. The molecule has 0 aliphatic carbocycles. The largest absolute Gasteiger partial charge is 0.469 e. The van der Waals surface area contributed by atoms with Crippen LogP contribution in [0.1, 0.15) is 53.1 Å². The molecule has 0 radical (unpaired) electrons. The van der Waals surface area contributed by atoms with E-state index >= 15 is 0 Å². The summed E-state index contributed by atoms with van der Waals surface area (Å²) < 4.78 is 7.14. The molecule has 1 aliphatic heterocycles. The highest BCUT2D eigenvalue weighted by Gasteiger charge is 2.41. The molecule has 1 N–H and O–H groups in total. The van der Waals surface area contributed by atoms with Gasteiger partial charge < -0.3 is 19.5 Å². The van der Waals surface area contributed by atoms with Gasteiger partial charge >= 0.3 is 5.97 Å². The number of aryl methyl sites for hydroxylation is 1. The first-order valence-electron chi connectivity index (χ1n) is 11.1. The van der Waals surface area contributed by atoms with Gasteiger partial charge in [-0.25, -0.2) is 0 Å². The van der Waals surface area contributed by atoms with Crippen LogP contribution in [-0.4, -0.2) is 44.2 Å². The number of thiocarbonyl (C=S) groups is 1. The van der Waals surface area contributed by atoms with E-state index < -0.39 is 0 Å². The molecular weight excluding hydrogens is 434 g/mol. The van der Waals surface area contributed by atoms with Gasteiger partial charge in [0, 0.05) is 49.5 Å². The lowest BCUT2D eigenvalue weighted by Crippen LogP contribution is -2.31. The quantitative estimate of drug-likeness (QED) is 0.402. The van der Waals surface area contributed by atoms with E-state index in [9.17, 15) is 4.79 Å². The second-order valence-electron chi connectivity index (χ2n) is 8.27. The van der Waals surface area contributed by atoms with E-state index in [1.807, 2.05) is 48.9 Å². The topological polar surface area (TPSA) is 72.3 Å². The number of carbonyl (C=O) groups excluding carboxylic acids is 1. The van der Waals surface area contributed by atoms with Crippen LogP contribution in [0.2, 0.25) is 0 Å². The first kappa shape index (κ1) is 22.9. The highest BCUT2D eigenvalue weighted by molar-refractivity contribution is 7.80. The Hall–Kier alpha value is -3.26. The number of nitrogens with one attached hydrogen (secondary N) is 1. The lowest BCUT2D eigenvalue weighted by molar-refractivity contribution is -0.140. The molecule has 3 aromatic heterocycles. The van der Waals surface area contributed by atoms with E-state index in [0.29, 0.717) is 24.5 Å². The zero-order chi connectivity index (χ0) is 23.4. The van der Waals surface area contributed by atoms with E-state index in [0.717, 1.165) is 12.2 Å². The van der Waals surface area contributed by atoms with Crippen LogP contribution in [0.3, 0.4) is 0 Å². The number of pyridine rings is 2. The molecule has 0 amide bonds. The Morgan fingerprint density at radius 3 is 2.67 bits per heavy atom. The summed E-state index contributed by atoms with van der Waals surface area (Å²) in [5.74, 6) is -0.207. The van der Waals surface area contributed by atoms with Crippen LogP contribution in [0.15, 0.2) is 55.0 Å². The predicted octanol–water partition coefficient (Wildman–Crippen LogP) is 3.87. The number of hydrogen-bond donors (Lipinski definition) is 1. The highest BCUT2D eigenvalue weighted by atomic mass is 32.1. The zero-order valence-electron chi connectivity index (χ0n) is 19.2. The molecule has 33 heavy (non-hydrogen) atoms. The first-order chi connectivity index (χ1) is 16.0. The number of rotatable bonds is 8. The third-order valence-electron chi connectivity index (χ3n) is 6.23. The van der Waals surface area contributed by atoms with Gasteiger partial charge in [-0.3, -0.25) is 14.8 Å². The molecule has 0 unspecified atom stereocenters. The summed E-state index contributed by atoms with van der Waals surface area (Å²) in [6, 6.07) is 12.2. The molecule has 7 nitrogen and oxygen atoms in total. The number of ether oxygens (including phenoxy) is 1.